The Hall–Kier alpha value is -2.15. The van der Waals surface area contributed by atoms with E-state index in [0.29, 0.717) is 4.47 Å². The number of hydrogen-bond donors (Lipinski definition) is 1. The van der Waals surface area contributed by atoms with Gasteiger partial charge in [0.25, 0.3) is 0 Å². The summed E-state index contributed by atoms with van der Waals surface area (Å²) in [4.78, 5) is 15.4. The Balaban J connectivity index is 2.22. The molecule has 0 radical (unpaired) electrons. The van der Waals surface area contributed by atoms with Gasteiger partial charge in [-0.25, -0.2) is 9.78 Å². The lowest BCUT2D eigenvalue weighted by molar-refractivity contribution is 0.0688. The average Bonchev–Trinajstić information content (AvgIpc) is 2.90. The molecule has 0 spiro atoms. The van der Waals surface area contributed by atoms with Crippen LogP contribution in [0.4, 0.5) is 0 Å². The number of rotatable bonds is 2. The minimum Gasteiger partial charge on any atom is -0.476 e. The molecule has 0 saturated heterocycles. The average molecular weight is 335 g/mol. The van der Waals surface area contributed by atoms with Crippen LogP contribution in [-0.2, 0) is 14.1 Å². The molecule has 1 N–H and O–H groups in total. The summed E-state index contributed by atoms with van der Waals surface area (Å²) in [5, 5.41) is 13.1. The second kappa shape index (κ2) is 4.45. The number of imidazole rings is 1. The van der Waals surface area contributed by atoms with E-state index >= 15 is 0 Å². The van der Waals surface area contributed by atoms with E-state index in [0.717, 1.165) is 22.3 Å². The smallest absolute Gasteiger partial charge is 0.357 e. The van der Waals surface area contributed by atoms with Crippen LogP contribution in [0.2, 0.25) is 0 Å². The third-order valence-corrected chi connectivity index (χ3v) is 3.94. The Labute approximate surface area is 122 Å². The van der Waals surface area contributed by atoms with E-state index in [1.165, 1.54) is 0 Å². The van der Waals surface area contributed by atoms with E-state index in [9.17, 15) is 4.79 Å². The number of benzene rings is 1. The van der Waals surface area contributed by atoms with Crippen LogP contribution in [0.3, 0.4) is 0 Å². The summed E-state index contributed by atoms with van der Waals surface area (Å²) in [7, 11) is 3.65. The molecule has 0 atom stereocenters. The quantitative estimate of drug-likeness (QED) is 0.781. The van der Waals surface area contributed by atoms with Gasteiger partial charge in [0.1, 0.15) is 0 Å². The van der Waals surface area contributed by atoms with Gasteiger partial charge in [0.2, 0.25) is 0 Å². The molecule has 0 bridgehead atoms. The van der Waals surface area contributed by atoms with Crippen LogP contribution in [-0.4, -0.2) is 30.4 Å². The first-order valence-electron chi connectivity index (χ1n) is 5.86. The zero-order chi connectivity index (χ0) is 14.4. The maximum Gasteiger partial charge on any atom is 0.357 e. The number of carbonyl (C=O) groups is 1. The van der Waals surface area contributed by atoms with Gasteiger partial charge >= 0.3 is 5.97 Å². The second-order valence-corrected chi connectivity index (χ2v) is 5.29. The Morgan fingerprint density at radius 2 is 2.10 bits per heavy atom. The fraction of sp³-hybridized carbons (Fsp3) is 0.154. The first-order chi connectivity index (χ1) is 9.49. The van der Waals surface area contributed by atoms with Crippen molar-refractivity contribution in [2.24, 2.45) is 14.1 Å². The highest BCUT2D eigenvalue weighted by Gasteiger charge is 2.20. The van der Waals surface area contributed by atoms with Crippen LogP contribution in [0.25, 0.3) is 22.3 Å². The van der Waals surface area contributed by atoms with E-state index in [-0.39, 0.29) is 5.69 Å². The van der Waals surface area contributed by atoms with Gasteiger partial charge in [-0.1, -0.05) is 6.07 Å². The number of aromatic nitrogens is 4. The molecule has 7 heteroatoms. The van der Waals surface area contributed by atoms with Gasteiger partial charge in [-0.3, -0.25) is 4.68 Å². The van der Waals surface area contributed by atoms with E-state index in [2.05, 4.69) is 26.0 Å². The third kappa shape index (κ3) is 1.82. The van der Waals surface area contributed by atoms with Crippen LogP contribution in [0, 0.1) is 0 Å². The van der Waals surface area contributed by atoms with Crippen molar-refractivity contribution in [1.82, 2.24) is 19.3 Å². The monoisotopic (exact) mass is 334 g/mol. The highest BCUT2D eigenvalue weighted by atomic mass is 79.9. The van der Waals surface area contributed by atoms with Crippen LogP contribution >= 0.6 is 15.9 Å². The molecule has 0 aliphatic heterocycles. The molecule has 0 aliphatic rings. The predicted octanol–water partition coefficient (Wildman–Crippen LogP) is 2.43. The minimum atomic E-state index is -1.06. The second-order valence-electron chi connectivity index (χ2n) is 4.50. The summed E-state index contributed by atoms with van der Waals surface area (Å²) in [5.74, 6) is -1.06. The molecule has 1 aromatic carbocycles. The highest BCUT2D eigenvalue weighted by Crippen LogP contribution is 2.32. The van der Waals surface area contributed by atoms with Crippen molar-refractivity contribution in [3.63, 3.8) is 0 Å². The molecule has 6 nitrogen and oxygen atoms in total. The van der Waals surface area contributed by atoms with Gasteiger partial charge in [0.15, 0.2) is 5.69 Å². The zero-order valence-electron chi connectivity index (χ0n) is 10.8. The predicted molar refractivity (Wildman–Crippen MR) is 77.6 cm³/mol. The van der Waals surface area contributed by atoms with Crippen molar-refractivity contribution < 1.29 is 9.90 Å². The summed E-state index contributed by atoms with van der Waals surface area (Å²) in [6.45, 7) is 0. The maximum absolute atomic E-state index is 11.1. The van der Waals surface area contributed by atoms with Crippen LogP contribution in [0.1, 0.15) is 10.5 Å². The van der Waals surface area contributed by atoms with E-state index in [4.69, 9.17) is 5.11 Å². The molecule has 2 heterocycles. The third-order valence-electron chi connectivity index (χ3n) is 3.19. The molecule has 0 amide bonds. The number of aryl methyl sites for hydroxylation is 2. The number of nitrogens with zero attached hydrogens (tertiary/aromatic N) is 4. The van der Waals surface area contributed by atoms with Crippen molar-refractivity contribution in [2.45, 2.75) is 0 Å². The molecule has 0 aliphatic carbocycles. The molecule has 3 rings (SSSR count). The lowest BCUT2D eigenvalue weighted by atomic mass is 10.1. The largest absolute Gasteiger partial charge is 0.476 e. The fourth-order valence-electron chi connectivity index (χ4n) is 2.23. The number of carboxylic acid groups (broad SMARTS) is 1. The van der Waals surface area contributed by atoms with Crippen molar-refractivity contribution in [3.8, 4) is 11.3 Å². The summed E-state index contributed by atoms with van der Waals surface area (Å²) < 4.78 is 3.96. The standard InChI is InChI=1S/C13H11BrN4O2/c1-17-6-15-8-5-7(3-4-9(8)17)12-10(14)11(13(19)20)16-18(12)2/h3-6H,1-2H3,(H,19,20). The molecule has 102 valence electrons. The van der Waals surface area contributed by atoms with Gasteiger partial charge < -0.3 is 9.67 Å². The normalized spacial score (nSPS) is 11.2. The zero-order valence-corrected chi connectivity index (χ0v) is 12.4. The molecule has 0 fully saturated rings. The molecule has 3 aromatic rings. The first kappa shape index (κ1) is 12.9. The Morgan fingerprint density at radius 1 is 1.35 bits per heavy atom. The van der Waals surface area contributed by atoms with E-state index < -0.39 is 5.97 Å². The summed E-state index contributed by atoms with van der Waals surface area (Å²) in [6.07, 6.45) is 1.75. The molecule has 20 heavy (non-hydrogen) atoms. The first-order valence-corrected chi connectivity index (χ1v) is 6.65. The SMILES string of the molecule is Cn1nc(C(=O)O)c(Br)c1-c1ccc2c(c1)ncn2C. The Morgan fingerprint density at radius 3 is 2.75 bits per heavy atom. The van der Waals surface area contributed by atoms with Gasteiger partial charge in [0.05, 0.1) is 27.5 Å². The summed E-state index contributed by atoms with van der Waals surface area (Å²) in [6, 6.07) is 5.80. The van der Waals surface area contributed by atoms with Crippen LogP contribution < -0.4 is 0 Å². The fourth-order valence-corrected chi connectivity index (χ4v) is 2.97. The van der Waals surface area contributed by atoms with Crippen molar-refractivity contribution >= 4 is 32.9 Å². The number of aromatic carboxylic acids is 1. The molecule has 2 aromatic heterocycles. The molecule has 0 unspecified atom stereocenters. The van der Waals surface area contributed by atoms with Crippen LogP contribution in [0.15, 0.2) is 29.0 Å². The van der Waals surface area contributed by atoms with Gasteiger partial charge in [-0.05, 0) is 28.1 Å². The number of carboxylic acids is 1. The van der Waals surface area contributed by atoms with Crippen molar-refractivity contribution in [2.75, 3.05) is 0 Å². The summed E-state index contributed by atoms with van der Waals surface area (Å²) in [5.41, 5.74) is 3.46. The molecular weight excluding hydrogens is 324 g/mol. The maximum atomic E-state index is 11.1. The number of fused-ring (bicyclic) bond motifs is 1. The Bertz CT molecular complexity index is 834. The van der Waals surface area contributed by atoms with E-state index in [1.807, 2.05) is 29.8 Å². The summed E-state index contributed by atoms with van der Waals surface area (Å²) >= 11 is 3.32. The lowest BCUT2D eigenvalue weighted by Crippen LogP contribution is -1.99. The molecular formula is C13H11BrN4O2. The van der Waals surface area contributed by atoms with Gasteiger partial charge in [-0.2, -0.15) is 5.10 Å². The van der Waals surface area contributed by atoms with Crippen molar-refractivity contribution in [3.05, 3.63) is 34.7 Å². The van der Waals surface area contributed by atoms with E-state index in [1.54, 1.807) is 18.1 Å². The number of hydrogen-bond acceptors (Lipinski definition) is 3. The lowest BCUT2D eigenvalue weighted by Gasteiger charge is -2.03. The minimum absolute atomic E-state index is 0.00335. The number of halogens is 1. The van der Waals surface area contributed by atoms with Crippen molar-refractivity contribution in [1.29, 1.82) is 0 Å². The van der Waals surface area contributed by atoms with Gasteiger partial charge in [0, 0.05) is 19.7 Å². The Kier molecular flexibility index (Phi) is 2.86. The van der Waals surface area contributed by atoms with Gasteiger partial charge in [-0.15, -0.1) is 0 Å². The molecule has 0 saturated carbocycles. The topological polar surface area (TPSA) is 72.9 Å². The highest BCUT2D eigenvalue weighted by molar-refractivity contribution is 9.10. The van der Waals surface area contributed by atoms with Crippen LogP contribution in [0.5, 0.6) is 0 Å².